The van der Waals surface area contributed by atoms with Crippen molar-refractivity contribution in [3.8, 4) is 11.1 Å². The Bertz CT molecular complexity index is 1310. The average molecular weight is 447 g/mol. The molecule has 1 aromatic carbocycles. The molecule has 8 heteroatoms. The number of pyridine rings is 1. The predicted octanol–water partition coefficient (Wildman–Crippen LogP) is 4.65. The van der Waals surface area contributed by atoms with Crippen LogP contribution in [0.15, 0.2) is 66.3 Å². The average Bonchev–Trinajstić information content (AvgIpc) is 3.26. The molecule has 5 rings (SSSR count). The van der Waals surface area contributed by atoms with Crippen LogP contribution in [0, 0.1) is 11.6 Å². The van der Waals surface area contributed by atoms with E-state index in [0.29, 0.717) is 24.3 Å². The number of piperazine rings is 1. The van der Waals surface area contributed by atoms with E-state index in [0.717, 1.165) is 40.9 Å². The van der Waals surface area contributed by atoms with Crippen LogP contribution in [-0.2, 0) is 0 Å². The molecule has 0 bridgehead atoms. The molecule has 2 aliphatic rings. The molecule has 0 aliphatic carbocycles. The number of allylic oxidation sites excluding steroid dienone is 3. The van der Waals surface area contributed by atoms with E-state index in [4.69, 9.17) is 0 Å². The molecule has 168 valence electrons. The summed E-state index contributed by atoms with van der Waals surface area (Å²) >= 11 is 0. The Morgan fingerprint density at radius 2 is 1.97 bits per heavy atom. The largest absolute Gasteiger partial charge is 0.367 e. The minimum Gasteiger partial charge on any atom is -0.367 e. The maximum absolute atomic E-state index is 14.6. The van der Waals surface area contributed by atoms with Crippen molar-refractivity contribution >= 4 is 28.5 Å². The fourth-order valence-corrected chi connectivity index (χ4v) is 4.22. The summed E-state index contributed by atoms with van der Waals surface area (Å²) in [5, 5.41) is 10.1. The van der Waals surface area contributed by atoms with Crippen molar-refractivity contribution in [1.29, 1.82) is 0 Å². The summed E-state index contributed by atoms with van der Waals surface area (Å²) in [6.45, 7) is 8.64. The lowest BCUT2D eigenvalue weighted by Crippen LogP contribution is -2.44. The lowest BCUT2D eigenvalue weighted by molar-refractivity contribution is 0.500. The fourth-order valence-electron chi connectivity index (χ4n) is 4.22. The maximum atomic E-state index is 14.6. The number of aromatic amines is 1. The van der Waals surface area contributed by atoms with E-state index in [1.807, 2.05) is 42.4 Å². The molecule has 33 heavy (non-hydrogen) atoms. The van der Waals surface area contributed by atoms with E-state index in [2.05, 4.69) is 27.0 Å². The van der Waals surface area contributed by atoms with E-state index in [1.165, 1.54) is 6.07 Å². The Hall–Kier alpha value is -3.78. The Morgan fingerprint density at radius 1 is 1.15 bits per heavy atom. The van der Waals surface area contributed by atoms with E-state index in [9.17, 15) is 8.78 Å². The van der Waals surface area contributed by atoms with Gasteiger partial charge in [-0.3, -0.25) is 0 Å². The topological polar surface area (TPSA) is 59.6 Å². The highest BCUT2D eigenvalue weighted by Gasteiger charge is 2.20. The van der Waals surface area contributed by atoms with Crippen molar-refractivity contribution in [1.82, 2.24) is 20.3 Å². The van der Waals surface area contributed by atoms with Gasteiger partial charge in [0.25, 0.3) is 0 Å². The van der Waals surface area contributed by atoms with Gasteiger partial charge in [-0.15, -0.1) is 0 Å². The van der Waals surface area contributed by atoms with E-state index in [-0.39, 0.29) is 5.69 Å². The third kappa shape index (κ3) is 3.93. The van der Waals surface area contributed by atoms with E-state index < -0.39 is 11.6 Å². The van der Waals surface area contributed by atoms with E-state index >= 15 is 0 Å². The van der Waals surface area contributed by atoms with Gasteiger partial charge in [-0.1, -0.05) is 6.58 Å². The summed E-state index contributed by atoms with van der Waals surface area (Å²) in [7, 11) is 0. The van der Waals surface area contributed by atoms with Crippen LogP contribution in [0.25, 0.3) is 27.7 Å². The Kier molecular flexibility index (Phi) is 5.51. The second-order valence-corrected chi connectivity index (χ2v) is 7.98. The Balaban J connectivity index is 1.55. The summed E-state index contributed by atoms with van der Waals surface area (Å²) in [5.41, 5.74) is 4.95. The monoisotopic (exact) mass is 446 g/mol. The van der Waals surface area contributed by atoms with Crippen LogP contribution >= 0.6 is 0 Å². The van der Waals surface area contributed by atoms with Crippen molar-refractivity contribution < 1.29 is 8.78 Å². The normalized spacial score (nSPS) is 16.8. The number of anilines is 1. The van der Waals surface area contributed by atoms with E-state index in [1.54, 1.807) is 23.5 Å². The summed E-state index contributed by atoms with van der Waals surface area (Å²) in [5.74, 6) is -1.67. The zero-order valence-corrected chi connectivity index (χ0v) is 18.3. The molecular formula is C25H24F2N6. The van der Waals surface area contributed by atoms with Crippen LogP contribution in [0.2, 0.25) is 0 Å². The van der Waals surface area contributed by atoms with Crippen LogP contribution < -0.4 is 10.2 Å². The molecule has 0 saturated carbocycles. The third-order valence-corrected chi connectivity index (χ3v) is 5.89. The highest BCUT2D eigenvalue weighted by molar-refractivity contribution is 5.96. The number of aromatic nitrogens is 2. The van der Waals surface area contributed by atoms with Gasteiger partial charge in [0.2, 0.25) is 0 Å². The number of H-pyrrole nitrogens is 1. The molecule has 0 atom stereocenters. The first-order valence-corrected chi connectivity index (χ1v) is 10.8. The van der Waals surface area contributed by atoms with Gasteiger partial charge in [-0.2, -0.15) is 5.10 Å². The van der Waals surface area contributed by atoms with Crippen molar-refractivity contribution in [3.63, 3.8) is 0 Å². The molecule has 2 aliphatic heterocycles. The van der Waals surface area contributed by atoms with Crippen LogP contribution in [0.5, 0.6) is 0 Å². The highest BCUT2D eigenvalue weighted by atomic mass is 19.2. The molecule has 4 heterocycles. The first-order valence-electron chi connectivity index (χ1n) is 10.8. The first kappa shape index (κ1) is 21.1. The van der Waals surface area contributed by atoms with Crippen molar-refractivity contribution in [2.45, 2.75) is 6.92 Å². The number of hydrazone groups is 1. The quantitative estimate of drug-likeness (QED) is 0.573. The van der Waals surface area contributed by atoms with Gasteiger partial charge in [0.1, 0.15) is 5.65 Å². The number of nitrogens with zero attached hydrogens (tertiary/aromatic N) is 4. The van der Waals surface area contributed by atoms with Crippen LogP contribution in [-0.4, -0.2) is 47.4 Å². The molecule has 6 nitrogen and oxygen atoms in total. The molecule has 1 saturated heterocycles. The number of benzene rings is 1. The van der Waals surface area contributed by atoms with Crippen LogP contribution in [0.3, 0.4) is 0 Å². The number of nitrogens with one attached hydrogen (secondary N) is 2. The van der Waals surface area contributed by atoms with Crippen molar-refractivity contribution in [3.05, 3.63) is 78.4 Å². The van der Waals surface area contributed by atoms with Crippen LogP contribution in [0.1, 0.15) is 12.5 Å². The van der Waals surface area contributed by atoms with Gasteiger partial charge in [-0.05, 0) is 48.4 Å². The predicted molar refractivity (Wildman–Crippen MR) is 129 cm³/mol. The second kappa shape index (κ2) is 8.63. The first-order chi connectivity index (χ1) is 16.0. The zero-order chi connectivity index (χ0) is 22.9. The smallest absolute Gasteiger partial charge is 0.182 e. The minimum absolute atomic E-state index is 0.284. The summed E-state index contributed by atoms with van der Waals surface area (Å²) in [6.07, 6.45) is 11.0. The standard InChI is InChI=1S/C25H24F2N6/c1-3-31-33-7-4-17(10-16(33)2)21-15-30-25-20(21)11-19(14-29-25)18-12-22(26)24(27)23(13-18)32-8-5-28-6-9-32/h3-4,7,10-15,28H,2,5-6,8-9H2,1H3,(H,29,30)/b31-3-. The van der Waals surface area contributed by atoms with Gasteiger partial charge in [-0.25, -0.2) is 18.8 Å². The second-order valence-electron chi connectivity index (χ2n) is 7.98. The van der Waals surface area contributed by atoms with Gasteiger partial charge < -0.3 is 15.2 Å². The fraction of sp³-hybridized carbons (Fsp3) is 0.200. The number of fused-ring (bicyclic) bond motifs is 1. The SMILES string of the molecule is C=C1C=C(c2c[nH]c3ncc(-c4cc(F)c(F)c(N5CCNCC5)c4)cc23)C=CN1/N=C\C. The molecule has 2 N–H and O–H groups in total. The number of hydrogen-bond donors (Lipinski definition) is 2. The van der Waals surface area contributed by atoms with Gasteiger partial charge in [0, 0.05) is 67.5 Å². The molecule has 0 spiro atoms. The summed E-state index contributed by atoms with van der Waals surface area (Å²) in [4.78, 5) is 9.59. The number of halogens is 2. The summed E-state index contributed by atoms with van der Waals surface area (Å²) < 4.78 is 29.2. The minimum atomic E-state index is -0.860. The maximum Gasteiger partial charge on any atom is 0.182 e. The molecular weight excluding hydrogens is 422 g/mol. The summed E-state index contributed by atoms with van der Waals surface area (Å²) in [6, 6.07) is 4.90. The lowest BCUT2D eigenvalue weighted by Gasteiger charge is -2.30. The molecule has 3 aromatic rings. The lowest BCUT2D eigenvalue weighted by atomic mass is 10.00. The third-order valence-electron chi connectivity index (χ3n) is 5.89. The Morgan fingerprint density at radius 3 is 2.73 bits per heavy atom. The van der Waals surface area contributed by atoms with Gasteiger partial charge in [0.05, 0.1) is 11.4 Å². The van der Waals surface area contributed by atoms with Gasteiger partial charge in [0.15, 0.2) is 11.6 Å². The van der Waals surface area contributed by atoms with Crippen LogP contribution in [0.4, 0.5) is 14.5 Å². The molecule has 0 radical (unpaired) electrons. The number of rotatable bonds is 4. The van der Waals surface area contributed by atoms with Crippen molar-refractivity contribution in [2.24, 2.45) is 5.10 Å². The zero-order valence-electron chi connectivity index (χ0n) is 18.3. The molecule has 0 amide bonds. The highest BCUT2D eigenvalue weighted by Crippen LogP contribution is 2.34. The van der Waals surface area contributed by atoms with Crippen molar-refractivity contribution in [2.75, 3.05) is 31.1 Å². The Labute approximate surface area is 190 Å². The molecule has 2 aromatic heterocycles. The molecule has 1 fully saturated rings. The molecule has 0 unspecified atom stereocenters. The van der Waals surface area contributed by atoms with Gasteiger partial charge >= 0.3 is 0 Å². The number of hydrogen-bond acceptors (Lipinski definition) is 5.